The molecule has 1 amide bonds. The average Bonchev–Trinajstić information content (AvgIpc) is 2.63. The van der Waals surface area contributed by atoms with Gasteiger partial charge in [-0.2, -0.15) is 11.8 Å². The minimum absolute atomic E-state index is 0.0142. The van der Waals surface area contributed by atoms with Gasteiger partial charge in [-0.1, -0.05) is 18.6 Å². The number of hydrogen-bond donors (Lipinski definition) is 1. The van der Waals surface area contributed by atoms with Gasteiger partial charge < -0.3 is 10.1 Å². The van der Waals surface area contributed by atoms with Gasteiger partial charge in [-0.15, -0.1) is 0 Å². The number of amides is 1. The van der Waals surface area contributed by atoms with Crippen molar-refractivity contribution < 1.29 is 19.2 Å². The Morgan fingerprint density at radius 1 is 1.33 bits per heavy atom. The van der Waals surface area contributed by atoms with Crippen molar-refractivity contribution in [1.82, 2.24) is 5.32 Å². The van der Waals surface area contributed by atoms with Crippen LogP contribution in [-0.2, 0) is 20.7 Å². The molecule has 0 aliphatic heterocycles. The second kappa shape index (κ2) is 9.73. The number of thioether (sulfide) groups is 1. The molecule has 0 aromatic heterocycles. The predicted octanol–water partition coefficient (Wildman–Crippen LogP) is 3.11. The zero-order valence-electron chi connectivity index (χ0n) is 15.7. The number of nitrogens with one attached hydrogen (secondary N) is 1. The lowest BCUT2D eigenvalue weighted by Gasteiger charge is -2.41. The highest BCUT2D eigenvalue weighted by Gasteiger charge is 2.44. The molecule has 8 heteroatoms. The van der Waals surface area contributed by atoms with E-state index in [1.807, 2.05) is 6.26 Å². The van der Waals surface area contributed by atoms with Crippen LogP contribution in [0.3, 0.4) is 0 Å². The maximum absolute atomic E-state index is 12.9. The summed E-state index contributed by atoms with van der Waals surface area (Å²) in [4.78, 5) is 35.4. The minimum Gasteiger partial charge on any atom is -0.467 e. The summed E-state index contributed by atoms with van der Waals surface area (Å²) < 4.78 is 4.85. The lowest BCUT2D eigenvalue weighted by atomic mass is 9.65. The van der Waals surface area contributed by atoms with Crippen molar-refractivity contribution in [2.24, 2.45) is 5.41 Å². The third-order valence-corrected chi connectivity index (χ3v) is 5.87. The van der Waals surface area contributed by atoms with Crippen LogP contribution in [0.4, 0.5) is 5.69 Å². The van der Waals surface area contributed by atoms with Crippen molar-refractivity contribution in [2.75, 3.05) is 19.1 Å². The van der Waals surface area contributed by atoms with Gasteiger partial charge >= 0.3 is 5.97 Å². The zero-order chi connectivity index (χ0) is 19.9. The topological polar surface area (TPSA) is 98.5 Å². The van der Waals surface area contributed by atoms with E-state index in [1.54, 1.807) is 23.9 Å². The van der Waals surface area contributed by atoms with Gasteiger partial charge in [0.15, 0.2) is 0 Å². The Balaban J connectivity index is 2.06. The lowest BCUT2D eigenvalue weighted by Crippen LogP contribution is -2.52. The monoisotopic (exact) mass is 394 g/mol. The van der Waals surface area contributed by atoms with Gasteiger partial charge in [0.25, 0.3) is 5.69 Å². The van der Waals surface area contributed by atoms with E-state index in [2.05, 4.69) is 5.32 Å². The number of methoxy groups -OCH3 is 1. The van der Waals surface area contributed by atoms with Crippen LogP contribution >= 0.6 is 11.8 Å². The van der Waals surface area contributed by atoms with Crippen molar-refractivity contribution in [3.05, 3.63) is 39.9 Å². The van der Waals surface area contributed by atoms with E-state index in [0.29, 0.717) is 0 Å². The minimum atomic E-state index is -0.804. The highest BCUT2D eigenvalue weighted by atomic mass is 32.2. The van der Waals surface area contributed by atoms with Gasteiger partial charge in [0.05, 0.1) is 12.0 Å². The molecule has 0 radical (unpaired) electrons. The van der Waals surface area contributed by atoms with Crippen LogP contribution < -0.4 is 5.32 Å². The van der Waals surface area contributed by atoms with Crippen LogP contribution in [0.5, 0.6) is 0 Å². The van der Waals surface area contributed by atoms with E-state index in [1.165, 1.54) is 19.2 Å². The van der Waals surface area contributed by atoms with E-state index in [0.717, 1.165) is 43.4 Å². The fourth-order valence-corrected chi connectivity index (χ4v) is 3.82. The molecule has 0 saturated heterocycles. The van der Waals surface area contributed by atoms with Crippen LogP contribution in [0.1, 0.15) is 37.7 Å². The highest BCUT2D eigenvalue weighted by Crippen LogP contribution is 2.45. The maximum Gasteiger partial charge on any atom is 0.328 e. The largest absolute Gasteiger partial charge is 0.467 e. The summed E-state index contributed by atoms with van der Waals surface area (Å²) in [5.41, 5.74) is 0.332. The Morgan fingerprint density at radius 2 is 2.00 bits per heavy atom. The number of benzene rings is 1. The second-order valence-corrected chi connectivity index (χ2v) is 7.89. The van der Waals surface area contributed by atoms with Gasteiger partial charge in [-0.25, -0.2) is 4.79 Å². The third-order valence-electron chi connectivity index (χ3n) is 5.17. The molecule has 1 unspecified atom stereocenters. The van der Waals surface area contributed by atoms with Gasteiger partial charge in [0.2, 0.25) is 5.91 Å². The van der Waals surface area contributed by atoms with Crippen LogP contribution in [0, 0.1) is 15.5 Å². The molecule has 0 spiro atoms. The molecular formula is C19H26N2O5S. The molecule has 1 fully saturated rings. The summed E-state index contributed by atoms with van der Waals surface area (Å²) in [6.45, 7) is 0. The number of nitrogens with zero attached hydrogens (tertiary/aromatic N) is 1. The smallest absolute Gasteiger partial charge is 0.328 e. The Bertz CT molecular complexity index is 673. The number of carbonyl (C=O) groups is 2. The molecule has 7 nitrogen and oxygen atoms in total. The summed E-state index contributed by atoms with van der Waals surface area (Å²) in [6, 6.07) is 5.17. The quantitative estimate of drug-likeness (QED) is 0.283. The Hall–Kier alpha value is -2.09. The second-order valence-electron chi connectivity index (χ2n) is 6.91. The molecule has 27 heavy (non-hydrogen) atoms. The summed E-state index contributed by atoms with van der Waals surface area (Å²) in [5.74, 6) is 0.408. The first kappa shape index (κ1) is 21.2. The maximum atomic E-state index is 12.9. The van der Waals surface area contributed by atoms with Crippen LogP contribution in [0.15, 0.2) is 24.3 Å². The fraction of sp³-hybridized carbons (Fsp3) is 0.579. The number of nitro groups is 1. The molecule has 1 aliphatic carbocycles. The predicted molar refractivity (Wildman–Crippen MR) is 105 cm³/mol. The van der Waals surface area contributed by atoms with E-state index in [-0.39, 0.29) is 23.4 Å². The van der Waals surface area contributed by atoms with Crippen molar-refractivity contribution in [3.8, 4) is 0 Å². The molecule has 1 aromatic carbocycles. The van der Waals surface area contributed by atoms with Crippen molar-refractivity contribution in [3.63, 3.8) is 0 Å². The number of esters is 1. The summed E-state index contributed by atoms with van der Waals surface area (Å²) >= 11 is 1.76. The van der Waals surface area contributed by atoms with Crippen molar-refractivity contribution in [1.29, 1.82) is 0 Å². The molecule has 0 bridgehead atoms. The van der Waals surface area contributed by atoms with E-state index in [4.69, 9.17) is 4.74 Å². The van der Waals surface area contributed by atoms with Gasteiger partial charge in [-0.05, 0) is 43.3 Å². The Morgan fingerprint density at radius 3 is 2.48 bits per heavy atom. The van der Waals surface area contributed by atoms with Gasteiger partial charge in [0.1, 0.15) is 6.04 Å². The normalized spacial score (nSPS) is 16.1. The first-order chi connectivity index (χ1) is 12.9. The molecule has 2 rings (SSSR count). The molecule has 1 aromatic rings. The number of nitro benzene ring substituents is 1. The SMILES string of the molecule is COC(=O)C(Cc1ccc([N+](=O)[O-])cc1)NC(=O)C1(CCCSC)CCC1. The summed E-state index contributed by atoms with van der Waals surface area (Å²) in [5, 5.41) is 13.6. The molecule has 1 saturated carbocycles. The number of carbonyl (C=O) groups excluding carboxylic acids is 2. The Labute approximate surface area is 163 Å². The van der Waals surface area contributed by atoms with E-state index >= 15 is 0 Å². The highest BCUT2D eigenvalue weighted by molar-refractivity contribution is 7.98. The van der Waals surface area contributed by atoms with E-state index < -0.39 is 16.9 Å². The molecule has 148 valence electrons. The molecule has 1 aliphatic rings. The van der Waals surface area contributed by atoms with Crippen LogP contribution in [-0.4, -0.2) is 42.0 Å². The zero-order valence-corrected chi connectivity index (χ0v) is 16.5. The third kappa shape index (κ3) is 5.45. The number of ether oxygens (including phenoxy) is 1. The standard InChI is InChI=1S/C19H26N2O5S/c1-26-17(22)16(13-14-5-7-15(8-6-14)21(24)25)20-18(23)19(9-3-10-19)11-4-12-27-2/h5-8,16H,3-4,9-13H2,1-2H3,(H,20,23). The Kier molecular flexibility index (Phi) is 7.65. The van der Waals surface area contributed by atoms with Crippen molar-refractivity contribution in [2.45, 2.75) is 44.6 Å². The van der Waals surface area contributed by atoms with E-state index in [9.17, 15) is 19.7 Å². The molecule has 0 heterocycles. The van der Waals surface area contributed by atoms with Gasteiger partial charge in [0, 0.05) is 24.0 Å². The first-order valence-corrected chi connectivity index (χ1v) is 10.4. The van der Waals surface area contributed by atoms with Crippen LogP contribution in [0.25, 0.3) is 0 Å². The lowest BCUT2D eigenvalue weighted by molar-refractivity contribution is -0.384. The summed E-state index contributed by atoms with van der Waals surface area (Å²) in [7, 11) is 1.29. The molecule has 1 atom stereocenters. The molecule has 1 N–H and O–H groups in total. The summed E-state index contributed by atoms with van der Waals surface area (Å²) in [6.07, 6.45) is 6.79. The molecular weight excluding hydrogens is 368 g/mol. The first-order valence-electron chi connectivity index (χ1n) is 9.03. The van der Waals surface area contributed by atoms with Crippen molar-refractivity contribution >= 4 is 29.3 Å². The number of non-ortho nitro benzene ring substituents is 1. The fourth-order valence-electron chi connectivity index (χ4n) is 3.39. The van der Waals surface area contributed by atoms with Gasteiger partial charge in [-0.3, -0.25) is 14.9 Å². The number of rotatable bonds is 10. The number of hydrogen-bond acceptors (Lipinski definition) is 6. The average molecular weight is 394 g/mol. The van der Waals surface area contributed by atoms with Crippen LogP contribution in [0.2, 0.25) is 0 Å².